The monoisotopic (exact) mass is 349 g/mol. The number of thiophene rings is 1. The smallest absolute Gasteiger partial charge is 0.143 e. The molecule has 0 unspecified atom stereocenters. The molecule has 20 heavy (non-hydrogen) atoms. The number of aromatic nitrogens is 4. The minimum Gasteiger partial charge on any atom is -0.380 e. The zero-order valence-electron chi connectivity index (χ0n) is 10.7. The molecule has 0 atom stereocenters. The Hall–Kier alpha value is -1.73. The maximum atomic E-state index is 3.88. The van der Waals surface area contributed by atoms with Crippen LogP contribution in [0.4, 0.5) is 5.69 Å². The van der Waals surface area contributed by atoms with Crippen molar-refractivity contribution in [3.8, 4) is 5.69 Å². The fraction of sp³-hybridized carbons (Fsp3) is 0.154. The molecule has 102 valence electrons. The van der Waals surface area contributed by atoms with Gasteiger partial charge in [0.1, 0.15) is 6.33 Å². The second-order valence-corrected chi connectivity index (χ2v) is 6.47. The number of aryl methyl sites for hydroxylation is 1. The molecule has 0 aliphatic heterocycles. The van der Waals surface area contributed by atoms with Gasteiger partial charge in [0.15, 0.2) is 0 Å². The number of anilines is 1. The van der Waals surface area contributed by atoms with Crippen LogP contribution in [-0.4, -0.2) is 20.2 Å². The van der Waals surface area contributed by atoms with E-state index in [1.165, 1.54) is 14.2 Å². The Bertz CT molecular complexity index is 688. The summed E-state index contributed by atoms with van der Waals surface area (Å²) in [4.78, 5) is 2.59. The maximum absolute atomic E-state index is 3.88. The molecule has 0 fully saturated rings. The van der Waals surface area contributed by atoms with E-state index >= 15 is 0 Å². The van der Waals surface area contributed by atoms with E-state index in [9.17, 15) is 0 Å². The molecule has 0 saturated heterocycles. The lowest BCUT2D eigenvalue weighted by Crippen LogP contribution is -2.00. The van der Waals surface area contributed by atoms with E-state index in [-0.39, 0.29) is 0 Å². The summed E-state index contributed by atoms with van der Waals surface area (Å²) >= 11 is 5.33. The molecule has 2 heterocycles. The molecule has 0 saturated carbocycles. The Kier molecular flexibility index (Phi) is 3.79. The van der Waals surface area contributed by atoms with Gasteiger partial charge in [-0.3, -0.25) is 0 Å². The number of tetrazole rings is 1. The van der Waals surface area contributed by atoms with Gasteiger partial charge in [0, 0.05) is 26.5 Å². The Labute approximate surface area is 128 Å². The van der Waals surface area contributed by atoms with Crippen molar-refractivity contribution in [1.82, 2.24) is 20.2 Å². The SMILES string of the molecule is Cc1sc(CNc2cccc(-n3cnnn3)c2)cc1Br. The maximum Gasteiger partial charge on any atom is 0.143 e. The van der Waals surface area contributed by atoms with Gasteiger partial charge in [0.2, 0.25) is 0 Å². The molecule has 1 aromatic carbocycles. The molecule has 3 aromatic rings. The van der Waals surface area contributed by atoms with E-state index in [1.807, 2.05) is 24.3 Å². The summed E-state index contributed by atoms with van der Waals surface area (Å²) in [5.41, 5.74) is 1.98. The van der Waals surface area contributed by atoms with Crippen molar-refractivity contribution in [2.24, 2.45) is 0 Å². The second-order valence-electron chi connectivity index (χ2n) is 4.28. The predicted octanol–water partition coefficient (Wildman–Crippen LogP) is 3.41. The molecule has 0 bridgehead atoms. The highest BCUT2D eigenvalue weighted by molar-refractivity contribution is 9.10. The average Bonchev–Trinajstić information content (AvgIpc) is 3.08. The van der Waals surface area contributed by atoms with Crippen molar-refractivity contribution in [2.45, 2.75) is 13.5 Å². The molecule has 0 spiro atoms. The van der Waals surface area contributed by atoms with Crippen LogP contribution >= 0.6 is 27.3 Å². The largest absolute Gasteiger partial charge is 0.380 e. The first kappa shape index (κ1) is 13.3. The van der Waals surface area contributed by atoms with Gasteiger partial charge < -0.3 is 5.32 Å². The first-order chi connectivity index (χ1) is 9.72. The van der Waals surface area contributed by atoms with Crippen LogP contribution in [-0.2, 0) is 6.54 Å². The van der Waals surface area contributed by atoms with E-state index in [0.29, 0.717) is 0 Å². The number of rotatable bonds is 4. The Morgan fingerprint density at radius 3 is 2.95 bits per heavy atom. The van der Waals surface area contributed by atoms with E-state index < -0.39 is 0 Å². The lowest BCUT2D eigenvalue weighted by Gasteiger charge is -2.06. The highest BCUT2D eigenvalue weighted by Gasteiger charge is 2.03. The predicted molar refractivity (Wildman–Crippen MR) is 83.2 cm³/mol. The van der Waals surface area contributed by atoms with E-state index in [4.69, 9.17) is 0 Å². The molecule has 0 aliphatic carbocycles. The van der Waals surface area contributed by atoms with Crippen molar-refractivity contribution in [3.05, 3.63) is 50.9 Å². The first-order valence-corrected chi connectivity index (χ1v) is 7.65. The van der Waals surface area contributed by atoms with Crippen LogP contribution in [0.5, 0.6) is 0 Å². The van der Waals surface area contributed by atoms with Crippen LogP contribution in [0.15, 0.2) is 41.1 Å². The van der Waals surface area contributed by atoms with Crippen LogP contribution < -0.4 is 5.32 Å². The van der Waals surface area contributed by atoms with Crippen molar-refractivity contribution in [2.75, 3.05) is 5.32 Å². The Morgan fingerprint density at radius 2 is 2.25 bits per heavy atom. The highest BCUT2D eigenvalue weighted by Crippen LogP contribution is 2.27. The van der Waals surface area contributed by atoms with Gasteiger partial charge in [-0.05, 0) is 57.5 Å². The quantitative estimate of drug-likeness (QED) is 0.784. The van der Waals surface area contributed by atoms with Gasteiger partial charge in [-0.1, -0.05) is 6.07 Å². The minimum atomic E-state index is 0.802. The van der Waals surface area contributed by atoms with Gasteiger partial charge >= 0.3 is 0 Å². The summed E-state index contributed by atoms with van der Waals surface area (Å²) in [6, 6.07) is 10.1. The average molecular weight is 350 g/mol. The molecule has 0 aliphatic rings. The fourth-order valence-corrected chi connectivity index (χ4v) is 3.37. The van der Waals surface area contributed by atoms with Gasteiger partial charge in [-0.15, -0.1) is 16.4 Å². The van der Waals surface area contributed by atoms with Crippen LogP contribution in [0.1, 0.15) is 9.75 Å². The van der Waals surface area contributed by atoms with Gasteiger partial charge in [0.05, 0.1) is 5.69 Å². The molecule has 3 rings (SSSR count). The fourth-order valence-electron chi connectivity index (χ4n) is 1.83. The third kappa shape index (κ3) is 2.88. The number of nitrogens with zero attached hydrogens (tertiary/aromatic N) is 4. The number of hydrogen-bond donors (Lipinski definition) is 1. The summed E-state index contributed by atoms with van der Waals surface area (Å²) in [5.74, 6) is 0. The number of hydrogen-bond acceptors (Lipinski definition) is 5. The lowest BCUT2D eigenvalue weighted by atomic mass is 10.2. The molecule has 2 aromatic heterocycles. The number of benzene rings is 1. The summed E-state index contributed by atoms with van der Waals surface area (Å²) in [5, 5.41) is 14.6. The van der Waals surface area contributed by atoms with Crippen molar-refractivity contribution in [3.63, 3.8) is 0 Å². The van der Waals surface area contributed by atoms with Crippen LogP contribution in [0.25, 0.3) is 5.69 Å². The van der Waals surface area contributed by atoms with E-state index in [1.54, 1.807) is 22.3 Å². The van der Waals surface area contributed by atoms with Crippen LogP contribution in [0.3, 0.4) is 0 Å². The zero-order chi connectivity index (χ0) is 13.9. The van der Waals surface area contributed by atoms with Gasteiger partial charge in [0.25, 0.3) is 0 Å². The summed E-state index contributed by atoms with van der Waals surface area (Å²) < 4.78 is 2.80. The van der Waals surface area contributed by atoms with Crippen molar-refractivity contribution >= 4 is 33.0 Å². The third-order valence-electron chi connectivity index (χ3n) is 2.83. The Balaban J connectivity index is 1.73. The zero-order valence-corrected chi connectivity index (χ0v) is 13.1. The highest BCUT2D eigenvalue weighted by atomic mass is 79.9. The summed E-state index contributed by atoms with van der Waals surface area (Å²) in [6.45, 7) is 2.91. The van der Waals surface area contributed by atoms with E-state index in [2.05, 4.69) is 49.8 Å². The molecule has 0 radical (unpaired) electrons. The first-order valence-electron chi connectivity index (χ1n) is 6.04. The normalized spacial score (nSPS) is 10.7. The minimum absolute atomic E-state index is 0.802. The summed E-state index contributed by atoms with van der Waals surface area (Å²) in [7, 11) is 0. The van der Waals surface area contributed by atoms with E-state index in [0.717, 1.165) is 17.9 Å². The van der Waals surface area contributed by atoms with Crippen LogP contribution in [0.2, 0.25) is 0 Å². The molecule has 7 heteroatoms. The Morgan fingerprint density at radius 1 is 1.35 bits per heavy atom. The molecule has 5 nitrogen and oxygen atoms in total. The lowest BCUT2D eigenvalue weighted by molar-refractivity contribution is 0.789. The van der Waals surface area contributed by atoms with Gasteiger partial charge in [-0.2, -0.15) is 0 Å². The molecule has 0 amide bonds. The number of halogens is 1. The van der Waals surface area contributed by atoms with Crippen LogP contribution in [0, 0.1) is 6.92 Å². The van der Waals surface area contributed by atoms with Crippen molar-refractivity contribution < 1.29 is 0 Å². The summed E-state index contributed by atoms with van der Waals surface area (Å²) in [6.07, 6.45) is 1.58. The molecular weight excluding hydrogens is 338 g/mol. The topological polar surface area (TPSA) is 55.6 Å². The molecular formula is C13H12BrN5S. The second kappa shape index (κ2) is 5.72. The van der Waals surface area contributed by atoms with Crippen molar-refractivity contribution in [1.29, 1.82) is 0 Å². The number of nitrogens with one attached hydrogen (secondary N) is 1. The molecule has 1 N–H and O–H groups in total. The third-order valence-corrected chi connectivity index (χ3v) is 4.97. The standard InChI is InChI=1S/C13H12BrN5S/c1-9-13(14)6-12(20-9)7-15-10-3-2-4-11(5-10)19-8-16-17-18-19/h2-6,8,15H,7H2,1H3. The van der Waals surface area contributed by atoms with Gasteiger partial charge in [-0.25, -0.2) is 4.68 Å².